The van der Waals surface area contributed by atoms with Crippen LogP contribution in [-0.2, 0) is 16.1 Å². The van der Waals surface area contributed by atoms with Crippen LogP contribution in [0.2, 0.25) is 0 Å². The van der Waals surface area contributed by atoms with E-state index in [0.29, 0.717) is 19.5 Å². The zero-order chi connectivity index (χ0) is 14.0. The number of rotatable bonds is 4. The maximum atomic E-state index is 11.5. The largest absolute Gasteiger partial charge is 0.481 e. The van der Waals surface area contributed by atoms with Gasteiger partial charge in [0.2, 0.25) is 5.91 Å². The zero-order valence-corrected chi connectivity index (χ0v) is 10.9. The van der Waals surface area contributed by atoms with E-state index in [4.69, 9.17) is 5.73 Å². The number of hydrogen-bond donors (Lipinski definition) is 2. The minimum absolute atomic E-state index is 0.327. The van der Waals surface area contributed by atoms with Gasteiger partial charge in [-0.05, 0) is 17.5 Å². The number of carboxylic acids is 1. The van der Waals surface area contributed by atoms with Crippen LogP contribution in [0, 0.1) is 0 Å². The van der Waals surface area contributed by atoms with Gasteiger partial charge in [0.25, 0.3) is 0 Å². The van der Waals surface area contributed by atoms with Crippen LogP contribution in [0.15, 0.2) is 24.3 Å². The van der Waals surface area contributed by atoms with E-state index < -0.39 is 23.8 Å². The molecule has 2 unspecified atom stereocenters. The second-order valence-corrected chi connectivity index (χ2v) is 4.85. The Morgan fingerprint density at radius 2 is 2.16 bits per heavy atom. The monoisotopic (exact) mass is 262 g/mol. The van der Waals surface area contributed by atoms with Crippen molar-refractivity contribution < 1.29 is 14.7 Å². The van der Waals surface area contributed by atoms with E-state index in [2.05, 4.69) is 0 Å². The topological polar surface area (TPSA) is 83.6 Å². The van der Waals surface area contributed by atoms with E-state index >= 15 is 0 Å². The van der Waals surface area contributed by atoms with Gasteiger partial charge in [0.15, 0.2) is 0 Å². The summed E-state index contributed by atoms with van der Waals surface area (Å²) in [6.45, 7) is 2.78. The first-order valence-corrected chi connectivity index (χ1v) is 6.38. The molecule has 5 nitrogen and oxygen atoms in total. The van der Waals surface area contributed by atoms with Crippen LogP contribution in [-0.4, -0.2) is 34.5 Å². The molecule has 2 rings (SSSR count). The van der Waals surface area contributed by atoms with E-state index in [9.17, 15) is 14.7 Å². The molecule has 0 fully saturated rings. The molecule has 19 heavy (non-hydrogen) atoms. The molecular formula is C14H18N2O3. The lowest BCUT2D eigenvalue weighted by molar-refractivity contribution is -0.140. The number of carbonyl (C=O) groups is 2. The highest BCUT2D eigenvalue weighted by Gasteiger charge is 2.34. The highest BCUT2D eigenvalue weighted by molar-refractivity contribution is 5.81. The van der Waals surface area contributed by atoms with Crippen molar-refractivity contribution in [2.45, 2.75) is 31.8 Å². The molecule has 0 aliphatic carbocycles. The molecule has 5 heteroatoms. The third kappa shape index (κ3) is 2.61. The number of primary amides is 1. The number of benzene rings is 1. The third-order valence-electron chi connectivity index (χ3n) is 3.68. The summed E-state index contributed by atoms with van der Waals surface area (Å²) in [5.41, 5.74) is 7.19. The molecule has 0 radical (unpaired) electrons. The van der Waals surface area contributed by atoms with Crippen molar-refractivity contribution in [2.75, 3.05) is 6.54 Å². The number of carbonyl (C=O) groups excluding carboxylic acids is 1. The lowest BCUT2D eigenvalue weighted by Gasteiger charge is -2.36. The highest BCUT2D eigenvalue weighted by Crippen LogP contribution is 2.30. The van der Waals surface area contributed by atoms with Crippen molar-refractivity contribution in [3.05, 3.63) is 35.4 Å². The third-order valence-corrected chi connectivity index (χ3v) is 3.68. The predicted octanol–water partition coefficient (Wildman–Crippen LogP) is 0.934. The Morgan fingerprint density at radius 1 is 1.47 bits per heavy atom. The maximum absolute atomic E-state index is 11.5. The van der Waals surface area contributed by atoms with Crippen molar-refractivity contribution in [3.63, 3.8) is 0 Å². The van der Waals surface area contributed by atoms with Crippen LogP contribution in [0.25, 0.3) is 0 Å². The molecule has 1 aliphatic heterocycles. The molecule has 102 valence electrons. The predicted molar refractivity (Wildman–Crippen MR) is 70.5 cm³/mol. The fourth-order valence-corrected chi connectivity index (χ4v) is 2.72. The summed E-state index contributed by atoms with van der Waals surface area (Å²) in [5, 5.41) is 9.35. The second kappa shape index (κ2) is 5.40. The molecular weight excluding hydrogens is 244 g/mol. The minimum atomic E-state index is -0.864. The molecule has 3 N–H and O–H groups in total. The fourth-order valence-electron chi connectivity index (χ4n) is 2.72. The number of fused-ring (bicyclic) bond motifs is 1. The zero-order valence-electron chi connectivity index (χ0n) is 10.9. The maximum Gasteiger partial charge on any atom is 0.312 e. The van der Waals surface area contributed by atoms with Crippen LogP contribution in [0.4, 0.5) is 0 Å². The van der Waals surface area contributed by atoms with E-state index in [1.54, 1.807) is 0 Å². The molecule has 0 saturated heterocycles. The van der Waals surface area contributed by atoms with E-state index in [1.165, 1.54) is 0 Å². The standard InChI is InChI=1S/C14H18N2O3/c1-2-12(13(15)17)16-7-9-5-3-4-6-10(9)11(8-16)14(18)19/h3-6,11-12H,2,7-8H2,1H3,(H2,15,17)(H,18,19). The van der Waals surface area contributed by atoms with E-state index in [1.807, 2.05) is 36.1 Å². The van der Waals surface area contributed by atoms with Gasteiger partial charge < -0.3 is 10.8 Å². The van der Waals surface area contributed by atoms with Crippen LogP contribution >= 0.6 is 0 Å². The second-order valence-electron chi connectivity index (χ2n) is 4.85. The van der Waals surface area contributed by atoms with Crippen molar-refractivity contribution in [1.82, 2.24) is 4.90 Å². The summed E-state index contributed by atoms with van der Waals surface area (Å²) in [4.78, 5) is 24.7. The Bertz CT molecular complexity index is 501. The molecule has 1 aliphatic rings. The Morgan fingerprint density at radius 3 is 2.74 bits per heavy atom. The number of carboxylic acid groups (broad SMARTS) is 1. The molecule has 1 heterocycles. The van der Waals surface area contributed by atoms with Gasteiger partial charge in [-0.3, -0.25) is 14.5 Å². The molecule has 0 aromatic heterocycles. The Balaban J connectivity index is 2.34. The van der Waals surface area contributed by atoms with Crippen LogP contribution in [0.3, 0.4) is 0 Å². The highest BCUT2D eigenvalue weighted by atomic mass is 16.4. The molecule has 0 spiro atoms. The van der Waals surface area contributed by atoms with Crippen LogP contribution < -0.4 is 5.73 Å². The van der Waals surface area contributed by atoms with Gasteiger partial charge in [-0.25, -0.2) is 0 Å². The van der Waals surface area contributed by atoms with Gasteiger partial charge in [-0.2, -0.15) is 0 Å². The van der Waals surface area contributed by atoms with Gasteiger partial charge in [0, 0.05) is 13.1 Å². The number of nitrogens with zero attached hydrogens (tertiary/aromatic N) is 1. The molecule has 1 amide bonds. The molecule has 1 aromatic rings. The number of nitrogens with two attached hydrogens (primary N) is 1. The smallest absolute Gasteiger partial charge is 0.312 e. The molecule has 1 aromatic carbocycles. The summed E-state index contributed by atoms with van der Waals surface area (Å²) in [6.07, 6.45) is 0.587. The fraction of sp³-hybridized carbons (Fsp3) is 0.429. The summed E-state index contributed by atoms with van der Waals surface area (Å²) in [6, 6.07) is 7.07. The normalized spacial score (nSPS) is 20.6. The summed E-state index contributed by atoms with van der Waals surface area (Å²) < 4.78 is 0. The van der Waals surface area contributed by atoms with Gasteiger partial charge in [0.1, 0.15) is 0 Å². The Hall–Kier alpha value is -1.88. The van der Waals surface area contributed by atoms with Gasteiger partial charge in [-0.1, -0.05) is 31.2 Å². The average Bonchev–Trinajstić information content (AvgIpc) is 2.38. The van der Waals surface area contributed by atoms with Crippen molar-refractivity contribution >= 4 is 11.9 Å². The summed E-state index contributed by atoms with van der Waals surface area (Å²) in [7, 11) is 0. The van der Waals surface area contributed by atoms with Crippen LogP contribution in [0.5, 0.6) is 0 Å². The SMILES string of the molecule is CCC(C(N)=O)N1Cc2ccccc2C(C(=O)O)C1. The first kappa shape index (κ1) is 13.5. The van der Waals surface area contributed by atoms with Crippen molar-refractivity contribution in [3.8, 4) is 0 Å². The van der Waals surface area contributed by atoms with Crippen molar-refractivity contribution in [2.24, 2.45) is 5.73 Å². The quantitative estimate of drug-likeness (QED) is 0.845. The van der Waals surface area contributed by atoms with E-state index in [-0.39, 0.29) is 0 Å². The first-order valence-electron chi connectivity index (χ1n) is 6.38. The summed E-state index contributed by atoms with van der Waals surface area (Å²) >= 11 is 0. The summed E-state index contributed by atoms with van der Waals surface area (Å²) in [5.74, 6) is -1.86. The first-order chi connectivity index (χ1) is 9.04. The van der Waals surface area contributed by atoms with Gasteiger partial charge in [0.05, 0.1) is 12.0 Å². The van der Waals surface area contributed by atoms with Crippen LogP contribution in [0.1, 0.15) is 30.4 Å². The van der Waals surface area contributed by atoms with Crippen molar-refractivity contribution in [1.29, 1.82) is 0 Å². The Labute approximate surface area is 112 Å². The molecule has 2 atom stereocenters. The van der Waals surface area contributed by atoms with Gasteiger partial charge in [-0.15, -0.1) is 0 Å². The number of hydrogen-bond acceptors (Lipinski definition) is 3. The minimum Gasteiger partial charge on any atom is -0.481 e. The Kier molecular flexibility index (Phi) is 3.85. The number of aliphatic carboxylic acids is 1. The molecule has 0 bridgehead atoms. The van der Waals surface area contributed by atoms with E-state index in [0.717, 1.165) is 11.1 Å². The lowest BCUT2D eigenvalue weighted by Crippen LogP contribution is -2.48. The average molecular weight is 262 g/mol. The number of amides is 1. The van der Waals surface area contributed by atoms with Gasteiger partial charge >= 0.3 is 5.97 Å². The molecule has 0 saturated carbocycles. The lowest BCUT2D eigenvalue weighted by atomic mass is 9.88.